The van der Waals surface area contributed by atoms with E-state index in [1.165, 1.54) is 0 Å². The second kappa shape index (κ2) is 6.49. The molecule has 1 aliphatic rings. The Morgan fingerprint density at radius 1 is 1.10 bits per heavy atom. The fourth-order valence-corrected chi connectivity index (χ4v) is 4.65. The number of hydrogen-bond donors (Lipinski definition) is 2. The average Bonchev–Trinajstić information content (AvgIpc) is 3.09. The Balaban J connectivity index is 1.79. The van der Waals surface area contributed by atoms with Crippen LogP contribution in [0.5, 0.6) is 0 Å². The van der Waals surface area contributed by atoms with Crippen molar-refractivity contribution in [3.8, 4) is 0 Å². The Morgan fingerprint density at radius 3 is 2.20 bits per heavy atom. The molecular weight excluding hydrogens is 459 g/mol. The summed E-state index contributed by atoms with van der Waals surface area (Å²) >= 11 is 0.871. The number of amides is 1. The summed E-state index contributed by atoms with van der Waals surface area (Å²) in [6.07, 6.45) is -0.430. The molecule has 13 heteroatoms. The third-order valence-electron chi connectivity index (χ3n) is 4.56. The van der Waals surface area contributed by atoms with Gasteiger partial charge in [0.1, 0.15) is 4.90 Å². The number of halogens is 7. The highest BCUT2D eigenvalue weighted by Gasteiger charge is 2.65. The van der Waals surface area contributed by atoms with Gasteiger partial charge in [-0.15, -0.1) is 0 Å². The number of aromatic amines is 1. The number of alkyl halides is 2. The lowest BCUT2D eigenvalue weighted by atomic mass is 10.2. The van der Waals surface area contributed by atoms with Gasteiger partial charge >= 0.3 is 10.2 Å². The number of aromatic nitrogens is 1. The summed E-state index contributed by atoms with van der Waals surface area (Å²) in [4.78, 5) is 15.1. The van der Waals surface area contributed by atoms with Crippen molar-refractivity contribution in [3.63, 3.8) is 0 Å². The third kappa shape index (κ3) is 4.82. The van der Waals surface area contributed by atoms with Crippen molar-refractivity contribution >= 4 is 33.8 Å². The van der Waals surface area contributed by atoms with Crippen LogP contribution in [0.3, 0.4) is 0 Å². The van der Waals surface area contributed by atoms with Gasteiger partial charge in [0.2, 0.25) is 0 Å². The number of anilines is 1. The van der Waals surface area contributed by atoms with Gasteiger partial charge in [-0.25, -0.2) is 8.78 Å². The number of hydrogen-bond acceptors (Lipinski definition) is 3. The summed E-state index contributed by atoms with van der Waals surface area (Å²) in [6.45, 7) is 2.46. The monoisotopic (exact) mass is 477 g/mol. The van der Waals surface area contributed by atoms with E-state index in [-0.39, 0.29) is 29.9 Å². The van der Waals surface area contributed by atoms with Crippen LogP contribution in [0, 0.1) is 13.8 Å². The van der Waals surface area contributed by atoms with Gasteiger partial charge in [0, 0.05) is 30.0 Å². The van der Waals surface area contributed by atoms with Crippen LogP contribution in [-0.2, 0) is 0 Å². The molecule has 0 unspecified atom stereocenters. The number of nitrogens with zero attached hydrogens (tertiary/aromatic N) is 1. The first-order valence-electron chi connectivity index (χ1n) is 8.60. The van der Waals surface area contributed by atoms with Crippen LogP contribution in [0.4, 0.5) is 33.9 Å². The maximum absolute atomic E-state index is 13.5. The molecule has 2 heterocycles. The Hall–Kier alpha value is -2.02. The van der Waals surface area contributed by atoms with Crippen molar-refractivity contribution in [2.24, 2.45) is 0 Å². The molecule has 0 bridgehead atoms. The number of benzene rings is 1. The van der Waals surface area contributed by atoms with Gasteiger partial charge < -0.3 is 14.6 Å². The first-order chi connectivity index (χ1) is 13.5. The number of aryl methyl sites for hydroxylation is 2. The van der Waals surface area contributed by atoms with Crippen LogP contribution in [0.15, 0.2) is 34.1 Å². The summed E-state index contributed by atoms with van der Waals surface area (Å²) < 4.78 is 93.7. The van der Waals surface area contributed by atoms with E-state index in [0.717, 1.165) is 29.0 Å². The summed E-state index contributed by atoms with van der Waals surface area (Å²) in [5.41, 5.74) is 1.26. The first-order valence-corrected chi connectivity index (χ1v) is 11.4. The van der Waals surface area contributed by atoms with Gasteiger partial charge in [-0.2, -0.15) is 0 Å². The molecule has 0 aliphatic carbocycles. The van der Waals surface area contributed by atoms with E-state index in [2.05, 4.69) is 9.71 Å². The molecule has 0 radical (unpaired) electrons. The van der Waals surface area contributed by atoms with Crippen LogP contribution in [0.2, 0.25) is 0 Å². The molecule has 1 amide bonds. The lowest BCUT2D eigenvalue weighted by Crippen LogP contribution is -2.31. The van der Waals surface area contributed by atoms with E-state index in [0.29, 0.717) is 16.3 Å². The van der Waals surface area contributed by atoms with Crippen molar-refractivity contribution < 1.29 is 33.0 Å². The van der Waals surface area contributed by atoms with Crippen LogP contribution >= 0.6 is 22.2 Å². The zero-order chi connectivity index (χ0) is 22.6. The standard InChI is InChI=1S/C17H18F7N3OS2/c1-10-14(16(28)27-8-7-17(18,19)9-27)15(11(2)25-10)29-26-12-3-5-13(6-4-12)30(20,21,22,23)24/h3-6,25-26H,7-9H2,1-2H3. The van der Waals surface area contributed by atoms with Gasteiger partial charge in [-0.3, -0.25) is 4.79 Å². The molecule has 0 spiro atoms. The molecule has 1 fully saturated rings. The Labute approximate surface area is 172 Å². The van der Waals surface area contributed by atoms with Gasteiger partial charge in [0.05, 0.1) is 17.0 Å². The average molecular weight is 477 g/mol. The molecule has 3 rings (SSSR count). The van der Waals surface area contributed by atoms with E-state index in [1.807, 2.05) is 0 Å². The van der Waals surface area contributed by atoms with E-state index < -0.39 is 39.9 Å². The maximum atomic E-state index is 13.5. The summed E-state index contributed by atoms with van der Waals surface area (Å²) in [5.74, 6) is -3.54. The SMILES string of the molecule is Cc1[nH]c(C)c(C(=O)N2CCC(F)(F)C2)c1SNc1ccc(S(F)(F)(F)(F)F)cc1. The van der Waals surface area contributed by atoms with E-state index in [9.17, 15) is 33.0 Å². The summed E-state index contributed by atoms with van der Waals surface area (Å²) in [7, 11) is -9.76. The fourth-order valence-electron chi connectivity index (χ4n) is 3.10. The van der Waals surface area contributed by atoms with E-state index in [4.69, 9.17) is 0 Å². The molecule has 168 valence electrons. The van der Waals surface area contributed by atoms with Crippen molar-refractivity contribution in [3.05, 3.63) is 41.2 Å². The number of rotatable bonds is 5. The normalized spacial score (nSPS) is 18.8. The van der Waals surface area contributed by atoms with Gasteiger partial charge in [-0.05, 0) is 50.1 Å². The molecule has 30 heavy (non-hydrogen) atoms. The molecule has 0 saturated carbocycles. The minimum absolute atomic E-state index is 0.0926. The van der Waals surface area contributed by atoms with Crippen molar-refractivity contribution in [1.82, 2.24) is 9.88 Å². The Bertz CT molecular complexity index is 988. The van der Waals surface area contributed by atoms with Crippen molar-refractivity contribution in [2.45, 2.75) is 36.0 Å². The largest absolute Gasteiger partial charge is 0.361 e. The quantitative estimate of drug-likeness (QED) is 0.364. The predicted octanol–water partition coefficient (Wildman–Crippen LogP) is 6.89. The molecule has 4 nitrogen and oxygen atoms in total. The predicted molar refractivity (Wildman–Crippen MR) is 103 cm³/mol. The molecule has 1 aromatic carbocycles. The molecule has 1 aromatic heterocycles. The molecule has 0 atom stereocenters. The van der Waals surface area contributed by atoms with E-state index in [1.54, 1.807) is 13.8 Å². The second-order valence-corrected chi connectivity index (χ2v) is 10.3. The lowest BCUT2D eigenvalue weighted by Gasteiger charge is -2.40. The highest BCUT2D eigenvalue weighted by molar-refractivity contribution is 8.45. The highest BCUT2D eigenvalue weighted by atomic mass is 32.5. The number of nitrogens with one attached hydrogen (secondary N) is 2. The zero-order valence-corrected chi connectivity index (χ0v) is 17.4. The Kier molecular flexibility index (Phi) is 4.90. The molecule has 2 aromatic rings. The lowest BCUT2D eigenvalue weighted by molar-refractivity contribution is 0.0119. The smallest absolute Gasteiger partial charge is 0.310 e. The first kappa shape index (κ1) is 22.7. The maximum Gasteiger partial charge on any atom is 0.310 e. The van der Waals surface area contributed by atoms with Gasteiger partial charge in [-0.1, -0.05) is 19.4 Å². The van der Waals surface area contributed by atoms with Crippen LogP contribution in [0.1, 0.15) is 28.2 Å². The van der Waals surface area contributed by atoms with Gasteiger partial charge in [0.25, 0.3) is 11.8 Å². The number of H-pyrrole nitrogens is 1. The van der Waals surface area contributed by atoms with Crippen LogP contribution < -0.4 is 4.72 Å². The van der Waals surface area contributed by atoms with Crippen molar-refractivity contribution in [1.29, 1.82) is 0 Å². The second-order valence-electron chi connectivity index (χ2n) is 7.11. The summed E-state index contributed by atoms with van der Waals surface area (Å²) in [6, 6.07) is 2.24. The number of likely N-dealkylation sites (tertiary alicyclic amines) is 1. The number of carbonyl (C=O) groups excluding carboxylic acids is 1. The topological polar surface area (TPSA) is 48.1 Å². The van der Waals surface area contributed by atoms with E-state index >= 15 is 0 Å². The third-order valence-corrected chi connectivity index (χ3v) is 6.77. The number of carbonyl (C=O) groups is 1. The summed E-state index contributed by atoms with van der Waals surface area (Å²) in [5, 5.41) is 0. The molecular formula is C17H18F7N3OS2. The van der Waals surface area contributed by atoms with Gasteiger partial charge in [0.15, 0.2) is 0 Å². The molecule has 2 N–H and O–H groups in total. The van der Waals surface area contributed by atoms with Crippen LogP contribution in [0.25, 0.3) is 0 Å². The minimum atomic E-state index is -9.76. The van der Waals surface area contributed by atoms with Crippen molar-refractivity contribution in [2.75, 3.05) is 17.8 Å². The zero-order valence-electron chi connectivity index (χ0n) is 15.7. The molecule has 1 saturated heterocycles. The minimum Gasteiger partial charge on any atom is -0.361 e. The molecule has 1 aliphatic heterocycles. The van der Waals surface area contributed by atoms with Crippen LogP contribution in [-0.4, -0.2) is 34.8 Å². The highest BCUT2D eigenvalue weighted by Crippen LogP contribution is 3.02. The Morgan fingerprint density at radius 2 is 1.70 bits per heavy atom. The fraction of sp³-hybridized carbons (Fsp3) is 0.353.